The molecule has 0 N–H and O–H groups in total. The highest BCUT2D eigenvalue weighted by atomic mass is 32.2. The van der Waals surface area contributed by atoms with Gasteiger partial charge in [0.15, 0.2) is 0 Å². The van der Waals surface area contributed by atoms with Crippen molar-refractivity contribution in [2.45, 2.75) is 51.8 Å². The van der Waals surface area contributed by atoms with Gasteiger partial charge in [0.25, 0.3) is 0 Å². The summed E-state index contributed by atoms with van der Waals surface area (Å²) in [5.41, 5.74) is 0. The molecule has 0 amide bonds. The van der Waals surface area contributed by atoms with Crippen LogP contribution in [0.2, 0.25) is 0 Å². The quantitative estimate of drug-likeness (QED) is 0.663. The molecule has 1 rings (SSSR count). The van der Waals surface area contributed by atoms with Crippen LogP contribution >= 0.6 is 11.8 Å². The summed E-state index contributed by atoms with van der Waals surface area (Å²) in [4.78, 5) is 4.32. The van der Waals surface area contributed by atoms with Crippen molar-refractivity contribution in [2.75, 3.05) is 5.75 Å². The maximum Gasteiger partial charge on any atom is 0.108 e. The van der Waals surface area contributed by atoms with Gasteiger partial charge in [-0.1, -0.05) is 20.8 Å². The summed E-state index contributed by atoms with van der Waals surface area (Å²) in [5.74, 6) is 2.50. The topological polar surface area (TPSA) is 17.8 Å². The van der Waals surface area contributed by atoms with Crippen LogP contribution in [0.25, 0.3) is 0 Å². The standard InChI is InChI=1S/C12H22N2S/c1-4-12-13-7-9-14(12)8-5-6-10-15-11(2)3/h7,9,11H,4-6,8,10H2,1-3H3. The summed E-state index contributed by atoms with van der Waals surface area (Å²) in [5, 5.41) is 0.768. The predicted molar refractivity (Wildman–Crippen MR) is 68.4 cm³/mol. The van der Waals surface area contributed by atoms with Crippen LogP contribution in [0.1, 0.15) is 39.4 Å². The van der Waals surface area contributed by atoms with Gasteiger partial charge < -0.3 is 4.57 Å². The predicted octanol–water partition coefficient (Wildman–Crippen LogP) is 3.37. The van der Waals surface area contributed by atoms with Gasteiger partial charge in [0.05, 0.1) is 0 Å². The van der Waals surface area contributed by atoms with Crippen LogP contribution in [0, 0.1) is 0 Å². The molecule has 2 nitrogen and oxygen atoms in total. The molecule has 86 valence electrons. The molecular weight excluding hydrogens is 204 g/mol. The van der Waals surface area contributed by atoms with Crippen molar-refractivity contribution in [3.05, 3.63) is 18.2 Å². The zero-order valence-corrected chi connectivity index (χ0v) is 10.9. The molecule has 0 spiro atoms. The zero-order chi connectivity index (χ0) is 11.1. The van der Waals surface area contributed by atoms with Crippen LogP contribution in [0.5, 0.6) is 0 Å². The fraction of sp³-hybridized carbons (Fsp3) is 0.750. The van der Waals surface area contributed by atoms with Crippen LogP contribution in [0.3, 0.4) is 0 Å². The van der Waals surface area contributed by atoms with Gasteiger partial charge >= 0.3 is 0 Å². The smallest absolute Gasteiger partial charge is 0.108 e. The Bertz CT molecular complexity index is 268. The van der Waals surface area contributed by atoms with Gasteiger partial charge in [0.2, 0.25) is 0 Å². The first kappa shape index (κ1) is 12.6. The van der Waals surface area contributed by atoms with Crippen LogP contribution < -0.4 is 0 Å². The largest absolute Gasteiger partial charge is 0.335 e. The average molecular weight is 226 g/mol. The highest BCUT2D eigenvalue weighted by Gasteiger charge is 1.99. The Labute approximate surface area is 97.5 Å². The van der Waals surface area contributed by atoms with E-state index in [4.69, 9.17) is 0 Å². The van der Waals surface area contributed by atoms with Gasteiger partial charge in [-0.2, -0.15) is 11.8 Å². The summed E-state index contributed by atoms with van der Waals surface area (Å²) >= 11 is 2.05. The summed E-state index contributed by atoms with van der Waals surface area (Å²) < 4.78 is 2.28. The molecular formula is C12H22N2S. The lowest BCUT2D eigenvalue weighted by molar-refractivity contribution is 0.608. The fourth-order valence-electron chi connectivity index (χ4n) is 1.56. The van der Waals surface area contributed by atoms with Crippen LogP contribution in [0.4, 0.5) is 0 Å². The molecule has 0 fully saturated rings. The number of unbranched alkanes of at least 4 members (excludes halogenated alkanes) is 1. The summed E-state index contributed by atoms with van der Waals surface area (Å²) in [6.07, 6.45) is 7.61. The Hall–Kier alpha value is -0.440. The minimum atomic E-state index is 0.768. The Kier molecular flexibility index (Phi) is 5.84. The van der Waals surface area contributed by atoms with Crippen molar-refractivity contribution in [1.82, 2.24) is 9.55 Å². The first-order valence-electron chi connectivity index (χ1n) is 5.85. The van der Waals surface area contributed by atoms with E-state index < -0.39 is 0 Å². The number of hydrogen-bond acceptors (Lipinski definition) is 2. The van der Waals surface area contributed by atoms with Gasteiger partial charge in [-0.15, -0.1) is 0 Å². The third kappa shape index (κ3) is 4.74. The van der Waals surface area contributed by atoms with Crippen LogP contribution in [-0.4, -0.2) is 20.6 Å². The number of imidazole rings is 1. The molecule has 15 heavy (non-hydrogen) atoms. The summed E-state index contributed by atoms with van der Waals surface area (Å²) in [7, 11) is 0. The van der Waals surface area contributed by atoms with E-state index in [0.717, 1.165) is 18.2 Å². The third-order valence-electron chi connectivity index (χ3n) is 2.36. The van der Waals surface area contributed by atoms with Crippen molar-refractivity contribution in [3.63, 3.8) is 0 Å². The van der Waals surface area contributed by atoms with E-state index in [1.807, 2.05) is 6.20 Å². The fourth-order valence-corrected chi connectivity index (χ4v) is 2.40. The molecule has 3 heteroatoms. The monoisotopic (exact) mass is 226 g/mol. The number of nitrogens with zero attached hydrogens (tertiary/aromatic N) is 2. The van der Waals surface area contributed by atoms with Gasteiger partial charge in [-0.3, -0.25) is 0 Å². The second-order valence-corrected chi connectivity index (χ2v) is 5.70. The van der Waals surface area contributed by atoms with Crippen molar-refractivity contribution in [2.24, 2.45) is 0 Å². The van der Waals surface area contributed by atoms with Gasteiger partial charge in [-0.25, -0.2) is 4.98 Å². The Morgan fingerprint density at radius 3 is 2.87 bits per heavy atom. The molecule has 1 heterocycles. The molecule has 0 atom stereocenters. The van der Waals surface area contributed by atoms with Gasteiger partial charge in [0, 0.05) is 25.4 Å². The Morgan fingerprint density at radius 2 is 2.20 bits per heavy atom. The maximum atomic E-state index is 4.32. The first-order valence-corrected chi connectivity index (χ1v) is 6.90. The lowest BCUT2D eigenvalue weighted by Crippen LogP contribution is -2.02. The van der Waals surface area contributed by atoms with Gasteiger partial charge in [-0.05, 0) is 23.8 Å². The van der Waals surface area contributed by atoms with E-state index in [2.05, 4.69) is 48.3 Å². The van der Waals surface area contributed by atoms with E-state index in [1.54, 1.807) is 0 Å². The van der Waals surface area contributed by atoms with Crippen molar-refractivity contribution >= 4 is 11.8 Å². The van der Waals surface area contributed by atoms with E-state index in [1.165, 1.54) is 24.4 Å². The normalized spacial score (nSPS) is 11.2. The average Bonchev–Trinajstić information content (AvgIpc) is 2.64. The molecule has 0 aliphatic carbocycles. The number of aryl methyl sites for hydroxylation is 2. The summed E-state index contributed by atoms with van der Waals surface area (Å²) in [6, 6.07) is 0. The lowest BCUT2D eigenvalue weighted by Gasteiger charge is -2.07. The van der Waals surface area contributed by atoms with Crippen LogP contribution in [0.15, 0.2) is 12.4 Å². The second kappa shape index (κ2) is 6.94. The van der Waals surface area contributed by atoms with E-state index >= 15 is 0 Å². The molecule has 0 unspecified atom stereocenters. The molecule has 0 aromatic carbocycles. The molecule has 0 saturated heterocycles. The van der Waals surface area contributed by atoms with E-state index in [9.17, 15) is 0 Å². The highest BCUT2D eigenvalue weighted by molar-refractivity contribution is 7.99. The summed E-state index contributed by atoms with van der Waals surface area (Å²) in [6.45, 7) is 7.81. The molecule has 0 radical (unpaired) electrons. The molecule has 1 aromatic rings. The first-order chi connectivity index (χ1) is 7.24. The van der Waals surface area contributed by atoms with Crippen molar-refractivity contribution in [3.8, 4) is 0 Å². The number of thioether (sulfide) groups is 1. The second-order valence-electron chi connectivity index (χ2n) is 4.02. The van der Waals surface area contributed by atoms with Crippen LogP contribution in [-0.2, 0) is 13.0 Å². The molecule has 0 bridgehead atoms. The number of rotatable bonds is 7. The molecule has 0 aliphatic rings. The third-order valence-corrected chi connectivity index (χ3v) is 3.55. The SMILES string of the molecule is CCc1nccn1CCCCSC(C)C. The minimum Gasteiger partial charge on any atom is -0.335 e. The Balaban J connectivity index is 2.15. The van der Waals surface area contributed by atoms with Crippen molar-refractivity contribution < 1.29 is 0 Å². The zero-order valence-electron chi connectivity index (χ0n) is 10.1. The highest BCUT2D eigenvalue weighted by Crippen LogP contribution is 2.12. The molecule has 0 saturated carbocycles. The molecule has 1 aromatic heterocycles. The van der Waals surface area contributed by atoms with Crippen molar-refractivity contribution in [1.29, 1.82) is 0 Å². The Morgan fingerprint density at radius 1 is 1.40 bits per heavy atom. The maximum absolute atomic E-state index is 4.32. The van der Waals surface area contributed by atoms with E-state index in [-0.39, 0.29) is 0 Å². The lowest BCUT2D eigenvalue weighted by atomic mass is 10.3. The van der Waals surface area contributed by atoms with Gasteiger partial charge in [0.1, 0.15) is 5.82 Å². The molecule has 0 aliphatic heterocycles. The van der Waals surface area contributed by atoms with E-state index in [0.29, 0.717) is 0 Å². The number of hydrogen-bond donors (Lipinski definition) is 0. The number of aromatic nitrogens is 2. The minimum absolute atomic E-state index is 0.768.